The summed E-state index contributed by atoms with van der Waals surface area (Å²) in [5.74, 6) is 3.44. The summed E-state index contributed by atoms with van der Waals surface area (Å²) in [6.07, 6.45) is 5.59. The summed E-state index contributed by atoms with van der Waals surface area (Å²) >= 11 is 2.09. The van der Waals surface area contributed by atoms with Crippen LogP contribution < -0.4 is 5.73 Å². The predicted octanol–water partition coefficient (Wildman–Crippen LogP) is 2.58. The second-order valence-corrected chi connectivity index (χ2v) is 7.70. The highest BCUT2D eigenvalue weighted by atomic mass is 32.2. The molecule has 1 saturated carbocycles. The first kappa shape index (κ1) is 13.7. The fourth-order valence-corrected chi connectivity index (χ4v) is 5.22. The quantitative estimate of drug-likeness (QED) is 0.838. The highest BCUT2D eigenvalue weighted by molar-refractivity contribution is 7.99. The molecule has 2 aliphatic rings. The van der Waals surface area contributed by atoms with Crippen LogP contribution in [0.1, 0.15) is 39.5 Å². The second-order valence-electron chi connectivity index (χ2n) is 6.60. The van der Waals surface area contributed by atoms with Gasteiger partial charge in [-0.1, -0.05) is 20.3 Å². The molecule has 1 heterocycles. The lowest BCUT2D eigenvalue weighted by molar-refractivity contribution is 0.00227. The van der Waals surface area contributed by atoms with Crippen LogP contribution in [0.4, 0.5) is 0 Å². The average molecular weight is 256 g/mol. The van der Waals surface area contributed by atoms with Crippen molar-refractivity contribution in [3.63, 3.8) is 0 Å². The first-order valence-corrected chi connectivity index (χ1v) is 8.16. The van der Waals surface area contributed by atoms with Crippen molar-refractivity contribution in [3.05, 3.63) is 0 Å². The Bertz CT molecular complexity index is 263. The normalized spacial score (nSPS) is 33.7. The van der Waals surface area contributed by atoms with E-state index in [1.54, 1.807) is 0 Å². The number of likely N-dealkylation sites (N-methyl/N-ethyl adjacent to an activating group) is 1. The maximum absolute atomic E-state index is 6.19. The van der Waals surface area contributed by atoms with E-state index in [9.17, 15) is 0 Å². The molecule has 2 rings (SSSR count). The highest BCUT2D eigenvalue weighted by Crippen LogP contribution is 2.45. The molecular formula is C14H28N2S. The smallest absolute Gasteiger partial charge is 0.0470 e. The van der Waals surface area contributed by atoms with Crippen LogP contribution in [0, 0.1) is 11.3 Å². The first-order valence-electron chi connectivity index (χ1n) is 7.01. The van der Waals surface area contributed by atoms with Gasteiger partial charge in [0.25, 0.3) is 0 Å². The van der Waals surface area contributed by atoms with Crippen molar-refractivity contribution in [1.82, 2.24) is 4.90 Å². The van der Waals surface area contributed by atoms with E-state index in [2.05, 4.69) is 37.6 Å². The number of nitrogens with two attached hydrogens (primary N) is 1. The van der Waals surface area contributed by atoms with Gasteiger partial charge in [-0.3, -0.25) is 4.90 Å². The van der Waals surface area contributed by atoms with E-state index in [0.717, 1.165) is 12.5 Å². The van der Waals surface area contributed by atoms with Crippen LogP contribution in [0.15, 0.2) is 0 Å². The number of hydrogen-bond donors (Lipinski definition) is 1. The Kier molecular flexibility index (Phi) is 4.11. The van der Waals surface area contributed by atoms with E-state index < -0.39 is 0 Å². The van der Waals surface area contributed by atoms with Crippen molar-refractivity contribution in [3.8, 4) is 0 Å². The molecular weight excluding hydrogens is 228 g/mol. The molecule has 0 bridgehead atoms. The predicted molar refractivity (Wildman–Crippen MR) is 77.5 cm³/mol. The van der Waals surface area contributed by atoms with Gasteiger partial charge in [0.15, 0.2) is 0 Å². The van der Waals surface area contributed by atoms with E-state index in [4.69, 9.17) is 5.73 Å². The lowest BCUT2D eigenvalue weighted by Crippen LogP contribution is -2.65. The standard InChI is InChI=1S/C14H28N2S/c1-13(2)7-8-17-11-14(13,10-15)16(3)9-12-5-4-6-12/h12H,4-11,15H2,1-3H3. The van der Waals surface area contributed by atoms with Gasteiger partial charge in [0.2, 0.25) is 0 Å². The van der Waals surface area contributed by atoms with Gasteiger partial charge < -0.3 is 5.73 Å². The number of nitrogens with zero attached hydrogens (tertiary/aromatic N) is 1. The Hall–Kier alpha value is 0.270. The van der Waals surface area contributed by atoms with E-state index in [1.807, 2.05) is 0 Å². The Labute approximate surface area is 111 Å². The molecule has 0 aromatic carbocycles. The topological polar surface area (TPSA) is 29.3 Å². The fourth-order valence-electron chi connectivity index (χ4n) is 3.35. The minimum atomic E-state index is 0.214. The van der Waals surface area contributed by atoms with Crippen LogP contribution in [0.25, 0.3) is 0 Å². The SMILES string of the molecule is CN(CC1CCC1)C1(CN)CSCCC1(C)C. The molecule has 1 saturated heterocycles. The van der Waals surface area contributed by atoms with Crippen LogP contribution in [0.5, 0.6) is 0 Å². The Morgan fingerprint density at radius 2 is 2.06 bits per heavy atom. The fraction of sp³-hybridized carbons (Fsp3) is 1.00. The van der Waals surface area contributed by atoms with E-state index in [0.29, 0.717) is 5.41 Å². The Morgan fingerprint density at radius 3 is 2.53 bits per heavy atom. The number of rotatable bonds is 4. The average Bonchev–Trinajstić information content (AvgIpc) is 2.23. The summed E-state index contributed by atoms with van der Waals surface area (Å²) < 4.78 is 0. The summed E-state index contributed by atoms with van der Waals surface area (Å²) in [4.78, 5) is 2.60. The van der Waals surface area contributed by atoms with Crippen molar-refractivity contribution in [1.29, 1.82) is 0 Å². The molecule has 100 valence electrons. The Morgan fingerprint density at radius 1 is 1.35 bits per heavy atom. The van der Waals surface area contributed by atoms with Crippen molar-refractivity contribution in [2.45, 2.75) is 45.1 Å². The third kappa shape index (κ3) is 2.39. The van der Waals surface area contributed by atoms with Crippen LogP contribution >= 0.6 is 11.8 Å². The second kappa shape index (κ2) is 5.10. The van der Waals surface area contributed by atoms with Gasteiger partial charge in [0.1, 0.15) is 0 Å². The molecule has 17 heavy (non-hydrogen) atoms. The maximum atomic E-state index is 6.19. The first-order chi connectivity index (χ1) is 8.02. The van der Waals surface area contributed by atoms with Gasteiger partial charge in [0, 0.05) is 24.4 Å². The minimum absolute atomic E-state index is 0.214. The monoisotopic (exact) mass is 256 g/mol. The van der Waals surface area contributed by atoms with Crippen molar-refractivity contribution in [2.75, 3.05) is 31.6 Å². The van der Waals surface area contributed by atoms with Crippen LogP contribution in [-0.4, -0.2) is 42.1 Å². The van der Waals surface area contributed by atoms with Gasteiger partial charge in [-0.15, -0.1) is 0 Å². The van der Waals surface area contributed by atoms with Crippen molar-refractivity contribution >= 4 is 11.8 Å². The molecule has 2 nitrogen and oxygen atoms in total. The van der Waals surface area contributed by atoms with Crippen LogP contribution in [0.2, 0.25) is 0 Å². The number of hydrogen-bond acceptors (Lipinski definition) is 3. The van der Waals surface area contributed by atoms with Crippen LogP contribution in [-0.2, 0) is 0 Å². The van der Waals surface area contributed by atoms with Gasteiger partial charge >= 0.3 is 0 Å². The summed E-state index contributed by atoms with van der Waals surface area (Å²) in [7, 11) is 2.30. The minimum Gasteiger partial charge on any atom is -0.329 e. The van der Waals surface area contributed by atoms with Gasteiger partial charge in [-0.05, 0) is 43.4 Å². The Balaban J connectivity index is 2.09. The zero-order valence-corrected chi connectivity index (χ0v) is 12.5. The summed E-state index contributed by atoms with van der Waals surface area (Å²) in [5.41, 5.74) is 6.76. The van der Waals surface area contributed by atoms with E-state index >= 15 is 0 Å². The molecule has 1 aliphatic carbocycles. The highest BCUT2D eigenvalue weighted by Gasteiger charge is 2.49. The summed E-state index contributed by atoms with van der Waals surface area (Å²) in [6, 6.07) is 0. The van der Waals surface area contributed by atoms with Gasteiger partial charge in [-0.25, -0.2) is 0 Å². The van der Waals surface area contributed by atoms with Gasteiger partial charge in [-0.2, -0.15) is 11.8 Å². The summed E-state index contributed by atoms with van der Waals surface area (Å²) in [5, 5.41) is 0. The lowest BCUT2D eigenvalue weighted by atomic mass is 9.69. The van der Waals surface area contributed by atoms with E-state index in [-0.39, 0.29) is 5.54 Å². The number of thioether (sulfide) groups is 1. The zero-order valence-electron chi connectivity index (χ0n) is 11.7. The molecule has 1 aliphatic heterocycles. The third-order valence-electron chi connectivity index (χ3n) is 5.30. The molecule has 3 heteroatoms. The molecule has 0 amide bonds. The molecule has 1 unspecified atom stereocenters. The molecule has 2 N–H and O–H groups in total. The molecule has 0 aromatic heterocycles. The molecule has 1 atom stereocenters. The van der Waals surface area contributed by atoms with Crippen molar-refractivity contribution < 1.29 is 0 Å². The lowest BCUT2D eigenvalue weighted by Gasteiger charge is -2.55. The van der Waals surface area contributed by atoms with Crippen LogP contribution in [0.3, 0.4) is 0 Å². The molecule has 0 radical (unpaired) electrons. The zero-order chi connectivity index (χ0) is 12.5. The van der Waals surface area contributed by atoms with E-state index in [1.165, 1.54) is 43.7 Å². The van der Waals surface area contributed by atoms with Gasteiger partial charge in [0.05, 0.1) is 0 Å². The summed E-state index contributed by atoms with van der Waals surface area (Å²) in [6.45, 7) is 6.88. The van der Waals surface area contributed by atoms with Crippen molar-refractivity contribution in [2.24, 2.45) is 17.1 Å². The maximum Gasteiger partial charge on any atom is 0.0470 e. The third-order valence-corrected chi connectivity index (χ3v) is 6.47. The molecule has 0 aromatic rings. The molecule has 2 fully saturated rings. The largest absolute Gasteiger partial charge is 0.329 e. The molecule has 0 spiro atoms.